The van der Waals surface area contributed by atoms with Gasteiger partial charge in [-0.25, -0.2) is 4.39 Å². The molecule has 0 aliphatic rings. The Morgan fingerprint density at radius 1 is 1.25 bits per heavy atom. The van der Waals surface area contributed by atoms with Gasteiger partial charge in [-0.05, 0) is 6.07 Å². The SMILES string of the molecule is COCCOc1c(B(O)O)ccc(F)c1F. The Kier molecular flexibility index (Phi) is 4.66. The molecule has 1 aromatic rings. The molecule has 88 valence electrons. The number of halogens is 2. The first kappa shape index (κ1) is 12.9. The first-order valence-electron chi connectivity index (χ1n) is 4.53. The monoisotopic (exact) mass is 232 g/mol. The van der Waals surface area contributed by atoms with Crippen LogP contribution in [-0.2, 0) is 4.74 Å². The van der Waals surface area contributed by atoms with Crippen LogP contribution in [0.1, 0.15) is 0 Å². The number of hydrogen-bond donors (Lipinski definition) is 2. The van der Waals surface area contributed by atoms with Gasteiger partial charge in [-0.2, -0.15) is 4.39 Å². The molecule has 7 heteroatoms. The van der Waals surface area contributed by atoms with Gasteiger partial charge in [0.2, 0.25) is 0 Å². The molecule has 2 N–H and O–H groups in total. The van der Waals surface area contributed by atoms with E-state index in [-0.39, 0.29) is 18.7 Å². The number of benzene rings is 1. The van der Waals surface area contributed by atoms with Gasteiger partial charge in [0, 0.05) is 12.6 Å². The zero-order valence-corrected chi connectivity index (χ0v) is 8.61. The van der Waals surface area contributed by atoms with E-state index in [2.05, 4.69) is 4.74 Å². The van der Waals surface area contributed by atoms with Crippen LogP contribution < -0.4 is 10.2 Å². The van der Waals surface area contributed by atoms with Crippen LogP contribution >= 0.6 is 0 Å². The van der Waals surface area contributed by atoms with Gasteiger partial charge in [0.25, 0.3) is 0 Å². The molecule has 0 amide bonds. The first-order chi connectivity index (χ1) is 7.57. The Bertz CT molecular complexity index is 360. The fourth-order valence-corrected chi connectivity index (χ4v) is 1.12. The van der Waals surface area contributed by atoms with Gasteiger partial charge in [-0.15, -0.1) is 0 Å². The highest BCUT2D eigenvalue weighted by Crippen LogP contribution is 2.17. The van der Waals surface area contributed by atoms with Crippen LogP contribution in [0.5, 0.6) is 5.75 Å². The average molecular weight is 232 g/mol. The van der Waals surface area contributed by atoms with E-state index in [0.29, 0.717) is 0 Å². The van der Waals surface area contributed by atoms with E-state index in [1.54, 1.807) is 0 Å². The molecule has 0 spiro atoms. The van der Waals surface area contributed by atoms with E-state index in [1.165, 1.54) is 7.11 Å². The third-order valence-corrected chi connectivity index (χ3v) is 1.89. The Morgan fingerprint density at radius 3 is 2.50 bits per heavy atom. The van der Waals surface area contributed by atoms with E-state index < -0.39 is 24.5 Å². The maximum atomic E-state index is 13.3. The van der Waals surface area contributed by atoms with Crippen LogP contribution in [0.2, 0.25) is 0 Å². The second kappa shape index (κ2) is 5.79. The summed E-state index contributed by atoms with van der Waals surface area (Å²) in [6.45, 7) is 0.160. The highest BCUT2D eigenvalue weighted by atomic mass is 19.2. The van der Waals surface area contributed by atoms with Crippen molar-refractivity contribution in [1.29, 1.82) is 0 Å². The van der Waals surface area contributed by atoms with Gasteiger partial charge < -0.3 is 19.5 Å². The van der Waals surface area contributed by atoms with E-state index in [4.69, 9.17) is 14.8 Å². The molecule has 0 fully saturated rings. The molecule has 0 unspecified atom stereocenters. The van der Waals surface area contributed by atoms with Crippen molar-refractivity contribution in [2.24, 2.45) is 0 Å². The van der Waals surface area contributed by atoms with E-state index >= 15 is 0 Å². The van der Waals surface area contributed by atoms with Crippen LogP contribution in [0.3, 0.4) is 0 Å². The predicted octanol–water partition coefficient (Wildman–Crippen LogP) is -0.330. The molecule has 1 aromatic carbocycles. The molecular weight excluding hydrogens is 221 g/mol. The van der Waals surface area contributed by atoms with Gasteiger partial charge in [-0.1, -0.05) is 6.07 Å². The van der Waals surface area contributed by atoms with Crippen molar-refractivity contribution in [2.75, 3.05) is 20.3 Å². The lowest BCUT2D eigenvalue weighted by molar-refractivity contribution is 0.143. The topological polar surface area (TPSA) is 58.9 Å². The molecule has 0 aromatic heterocycles. The van der Waals surface area contributed by atoms with Crippen molar-refractivity contribution in [3.05, 3.63) is 23.8 Å². The molecule has 0 heterocycles. The first-order valence-corrected chi connectivity index (χ1v) is 4.53. The summed E-state index contributed by atoms with van der Waals surface area (Å²) in [5.74, 6) is -2.87. The summed E-state index contributed by atoms with van der Waals surface area (Å²) in [7, 11) is -0.500. The molecule has 16 heavy (non-hydrogen) atoms. The summed E-state index contributed by atoms with van der Waals surface area (Å²) >= 11 is 0. The Balaban J connectivity index is 2.96. The predicted molar refractivity (Wildman–Crippen MR) is 53.6 cm³/mol. The summed E-state index contributed by atoms with van der Waals surface area (Å²) in [6.07, 6.45) is 0. The summed E-state index contributed by atoms with van der Waals surface area (Å²) in [5, 5.41) is 17.9. The van der Waals surface area contributed by atoms with Crippen LogP contribution in [-0.4, -0.2) is 37.5 Å². The molecule has 0 atom stereocenters. The smallest absolute Gasteiger partial charge is 0.488 e. The highest BCUT2D eigenvalue weighted by molar-refractivity contribution is 6.59. The average Bonchev–Trinajstić information content (AvgIpc) is 2.24. The second-order valence-corrected chi connectivity index (χ2v) is 2.99. The molecule has 0 aliphatic carbocycles. The lowest BCUT2D eigenvalue weighted by Crippen LogP contribution is -2.32. The minimum atomic E-state index is -1.92. The third-order valence-electron chi connectivity index (χ3n) is 1.89. The van der Waals surface area contributed by atoms with Gasteiger partial charge in [-0.3, -0.25) is 0 Å². The lowest BCUT2D eigenvalue weighted by Gasteiger charge is -2.11. The van der Waals surface area contributed by atoms with Crippen LogP contribution in [0, 0.1) is 11.6 Å². The van der Waals surface area contributed by atoms with Crippen molar-refractivity contribution in [2.45, 2.75) is 0 Å². The van der Waals surface area contributed by atoms with E-state index in [9.17, 15) is 8.78 Å². The van der Waals surface area contributed by atoms with Crippen LogP contribution in [0.4, 0.5) is 8.78 Å². The van der Waals surface area contributed by atoms with Crippen molar-refractivity contribution in [3.8, 4) is 5.75 Å². The second-order valence-electron chi connectivity index (χ2n) is 2.99. The number of methoxy groups -OCH3 is 1. The van der Waals surface area contributed by atoms with Crippen molar-refractivity contribution < 1.29 is 28.3 Å². The van der Waals surface area contributed by atoms with Crippen molar-refractivity contribution in [1.82, 2.24) is 0 Å². The summed E-state index contributed by atoms with van der Waals surface area (Å²) < 4.78 is 35.7. The largest absolute Gasteiger partial charge is 0.492 e. The summed E-state index contributed by atoms with van der Waals surface area (Å²) in [4.78, 5) is 0. The zero-order valence-electron chi connectivity index (χ0n) is 8.61. The van der Waals surface area contributed by atoms with Crippen molar-refractivity contribution >= 4 is 12.6 Å². The van der Waals surface area contributed by atoms with Gasteiger partial charge in [0.05, 0.1) is 6.61 Å². The number of rotatable bonds is 5. The highest BCUT2D eigenvalue weighted by Gasteiger charge is 2.22. The number of ether oxygens (including phenoxy) is 2. The van der Waals surface area contributed by atoms with E-state index in [1.807, 2.05) is 0 Å². The van der Waals surface area contributed by atoms with Gasteiger partial charge >= 0.3 is 7.12 Å². The third kappa shape index (κ3) is 2.91. The molecule has 0 saturated heterocycles. The Morgan fingerprint density at radius 2 is 1.94 bits per heavy atom. The van der Waals surface area contributed by atoms with Gasteiger partial charge in [0.1, 0.15) is 6.61 Å². The molecule has 4 nitrogen and oxygen atoms in total. The molecular formula is C9H11BF2O4. The summed E-state index contributed by atoms with van der Waals surface area (Å²) in [6, 6.07) is 1.85. The minimum Gasteiger partial charge on any atom is -0.488 e. The van der Waals surface area contributed by atoms with Gasteiger partial charge in [0.15, 0.2) is 17.4 Å². The normalized spacial score (nSPS) is 10.3. The fourth-order valence-electron chi connectivity index (χ4n) is 1.12. The minimum absolute atomic E-state index is 0.0173. The molecule has 0 saturated carbocycles. The van der Waals surface area contributed by atoms with E-state index in [0.717, 1.165) is 12.1 Å². The lowest BCUT2D eigenvalue weighted by atomic mass is 9.79. The maximum absolute atomic E-state index is 13.3. The summed E-state index contributed by atoms with van der Waals surface area (Å²) in [5.41, 5.74) is -0.227. The van der Waals surface area contributed by atoms with Crippen LogP contribution in [0.15, 0.2) is 12.1 Å². The Labute approximate surface area is 91.6 Å². The fraction of sp³-hybridized carbons (Fsp3) is 0.333. The molecule has 0 radical (unpaired) electrons. The Hall–Kier alpha value is -1.18. The van der Waals surface area contributed by atoms with Crippen molar-refractivity contribution in [3.63, 3.8) is 0 Å². The molecule has 1 rings (SSSR count). The maximum Gasteiger partial charge on any atom is 0.492 e. The zero-order chi connectivity index (χ0) is 12.1. The quantitative estimate of drug-likeness (QED) is 0.539. The standard InChI is InChI=1S/C9H11BF2O4/c1-15-4-5-16-9-6(10(13)14)2-3-7(11)8(9)12/h2-3,13-14H,4-5H2,1H3. The molecule has 0 aliphatic heterocycles. The van der Waals surface area contributed by atoms with Crippen LogP contribution in [0.25, 0.3) is 0 Å². The number of hydrogen-bond acceptors (Lipinski definition) is 4. The molecule has 0 bridgehead atoms.